The van der Waals surface area contributed by atoms with Crippen LogP contribution in [0.3, 0.4) is 0 Å². The van der Waals surface area contributed by atoms with Gasteiger partial charge in [0.05, 0.1) is 0 Å². The molecule has 0 saturated carbocycles. The van der Waals surface area contributed by atoms with E-state index in [0.717, 1.165) is 23.4 Å². The lowest BCUT2D eigenvalue weighted by molar-refractivity contribution is 0.101. The van der Waals surface area contributed by atoms with Crippen LogP contribution in [0.4, 0.5) is 5.13 Å². The number of anilines is 1. The number of benzene rings is 1. The second-order valence-electron chi connectivity index (χ2n) is 4.79. The van der Waals surface area contributed by atoms with Crippen molar-refractivity contribution < 1.29 is 9.32 Å². The number of rotatable bonds is 5. The lowest BCUT2D eigenvalue weighted by Crippen LogP contribution is -2.11. The van der Waals surface area contributed by atoms with E-state index < -0.39 is 0 Å². The zero-order valence-corrected chi connectivity index (χ0v) is 13.8. The first-order valence-corrected chi connectivity index (χ1v) is 8.21. The van der Waals surface area contributed by atoms with E-state index in [9.17, 15) is 4.79 Å². The van der Waals surface area contributed by atoms with Crippen molar-refractivity contribution in [2.75, 3.05) is 5.32 Å². The van der Waals surface area contributed by atoms with Gasteiger partial charge in [0.1, 0.15) is 5.01 Å². The van der Waals surface area contributed by atoms with E-state index >= 15 is 0 Å². The summed E-state index contributed by atoms with van der Waals surface area (Å²) in [6.45, 7) is 2.06. The van der Waals surface area contributed by atoms with Crippen LogP contribution in [0.5, 0.6) is 0 Å². The fraction of sp³-hybridized carbons (Fsp3) is 0.200. The number of aromatic nitrogens is 3. The van der Waals surface area contributed by atoms with Crippen molar-refractivity contribution in [2.45, 2.75) is 19.8 Å². The topological polar surface area (TPSA) is 80.9 Å². The Morgan fingerprint density at radius 3 is 2.83 bits per heavy atom. The summed E-state index contributed by atoms with van der Waals surface area (Å²) in [4.78, 5) is 12.2. The van der Waals surface area contributed by atoms with Crippen LogP contribution in [-0.4, -0.2) is 21.3 Å². The van der Waals surface area contributed by atoms with Crippen LogP contribution in [0.2, 0.25) is 5.02 Å². The Hall–Kier alpha value is -2.25. The number of hydrogen-bond donors (Lipinski definition) is 1. The lowest BCUT2D eigenvalue weighted by Gasteiger charge is -1.95. The predicted molar refractivity (Wildman–Crippen MR) is 88.8 cm³/mol. The Bertz CT molecular complexity index is 813. The molecule has 0 aliphatic rings. The van der Waals surface area contributed by atoms with Crippen molar-refractivity contribution in [1.82, 2.24) is 15.4 Å². The first kappa shape index (κ1) is 15.6. The second-order valence-corrected chi connectivity index (χ2v) is 6.29. The van der Waals surface area contributed by atoms with Crippen molar-refractivity contribution in [3.63, 3.8) is 0 Å². The van der Waals surface area contributed by atoms with Crippen LogP contribution in [0.25, 0.3) is 11.3 Å². The summed E-state index contributed by atoms with van der Waals surface area (Å²) < 4.78 is 5.21. The molecule has 3 aromatic rings. The molecular weight excluding hydrogens is 336 g/mol. The van der Waals surface area contributed by atoms with Crippen LogP contribution in [0, 0.1) is 0 Å². The van der Waals surface area contributed by atoms with Gasteiger partial charge in [-0.15, -0.1) is 10.2 Å². The van der Waals surface area contributed by atoms with Gasteiger partial charge in [-0.2, -0.15) is 0 Å². The molecule has 0 fully saturated rings. The van der Waals surface area contributed by atoms with Crippen LogP contribution in [0.1, 0.15) is 28.8 Å². The van der Waals surface area contributed by atoms with Gasteiger partial charge in [0.25, 0.3) is 5.91 Å². The number of nitrogens with one attached hydrogen (secondary N) is 1. The minimum absolute atomic E-state index is 0.183. The highest BCUT2D eigenvalue weighted by molar-refractivity contribution is 7.15. The molecule has 23 heavy (non-hydrogen) atoms. The lowest BCUT2D eigenvalue weighted by atomic mass is 10.1. The molecular formula is C15H13ClN4O2S. The number of halogens is 1. The second kappa shape index (κ2) is 6.89. The highest BCUT2D eigenvalue weighted by atomic mass is 35.5. The van der Waals surface area contributed by atoms with Crippen LogP contribution in [-0.2, 0) is 6.42 Å². The molecule has 0 aliphatic heterocycles. The zero-order valence-electron chi connectivity index (χ0n) is 12.2. The minimum Gasteiger partial charge on any atom is -0.355 e. The van der Waals surface area contributed by atoms with Crippen LogP contribution in [0.15, 0.2) is 34.9 Å². The van der Waals surface area contributed by atoms with Crippen molar-refractivity contribution in [1.29, 1.82) is 0 Å². The van der Waals surface area contributed by atoms with Crippen molar-refractivity contribution in [3.8, 4) is 11.3 Å². The van der Waals surface area contributed by atoms with Crippen molar-refractivity contribution in [2.24, 2.45) is 0 Å². The van der Waals surface area contributed by atoms with Gasteiger partial charge in [-0.3, -0.25) is 10.1 Å². The molecule has 1 amide bonds. The largest absolute Gasteiger partial charge is 0.355 e. The Morgan fingerprint density at radius 1 is 1.30 bits per heavy atom. The Morgan fingerprint density at radius 2 is 2.09 bits per heavy atom. The molecule has 0 aliphatic carbocycles. The molecule has 0 bridgehead atoms. The first-order chi connectivity index (χ1) is 11.2. The molecule has 1 aromatic carbocycles. The molecule has 0 spiro atoms. The zero-order chi connectivity index (χ0) is 16.2. The summed E-state index contributed by atoms with van der Waals surface area (Å²) in [5.41, 5.74) is 0.976. The summed E-state index contributed by atoms with van der Waals surface area (Å²) >= 11 is 7.21. The molecule has 0 radical (unpaired) electrons. The Balaban J connectivity index is 1.71. The third kappa shape index (κ3) is 3.75. The van der Waals surface area contributed by atoms with E-state index in [4.69, 9.17) is 16.1 Å². The van der Waals surface area contributed by atoms with Crippen molar-refractivity contribution in [3.05, 3.63) is 46.1 Å². The van der Waals surface area contributed by atoms with E-state index in [0.29, 0.717) is 15.9 Å². The maximum Gasteiger partial charge on any atom is 0.279 e. The number of aryl methyl sites for hydroxylation is 1. The smallest absolute Gasteiger partial charge is 0.279 e. The summed E-state index contributed by atoms with van der Waals surface area (Å²) in [6, 6.07) is 8.66. The molecule has 0 unspecified atom stereocenters. The number of amides is 1. The van der Waals surface area contributed by atoms with Gasteiger partial charge < -0.3 is 4.52 Å². The van der Waals surface area contributed by atoms with E-state index in [2.05, 4.69) is 27.6 Å². The molecule has 1 N–H and O–H groups in total. The number of carbonyl (C=O) groups is 1. The minimum atomic E-state index is -0.381. The van der Waals surface area contributed by atoms with Gasteiger partial charge in [0.2, 0.25) is 5.13 Å². The highest BCUT2D eigenvalue weighted by Crippen LogP contribution is 2.23. The van der Waals surface area contributed by atoms with Crippen molar-refractivity contribution >= 4 is 34.0 Å². The maximum atomic E-state index is 12.2. The maximum absolute atomic E-state index is 12.2. The molecule has 2 aromatic heterocycles. The molecule has 118 valence electrons. The Kier molecular flexibility index (Phi) is 4.68. The summed E-state index contributed by atoms with van der Waals surface area (Å²) in [5.74, 6) is 0.115. The van der Waals surface area contributed by atoms with Gasteiger partial charge in [-0.1, -0.05) is 35.0 Å². The average Bonchev–Trinajstić information content (AvgIpc) is 3.18. The highest BCUT2D eigenvalue weighted by Gasteiger charge is 2.15. The van der Waals surface area contributed by atoms with Gasteiger partial charge in [0.15, 0.2) is 11.5 Å². The SMILES string of the molecule is CCCc1nnc(NC(=O)c2cc(-c3ccc(Cl)cc3)on2)s1. The summed E-state index contributed by atoms with van der Waals surface area (Å²) in [7, 11) is 0. The molecule has 6 nitrogen and oxygen atoms in total. The summed E-state index contributed by atoms with van der Waals surface area (Å²) in [5, 5.41) is 16.4. The first-order valence-electron chi connectivity index (χ1n) is 7.02. The Labute approximate surface area is 141 Å². The predicted octanol–water partition coefficient (Wildman–Crippen LogP) is 4.05. The van der Waals surface area contributed by atoms with Gasteiger partial charge in [-0.05, 0) is 30.7 Å². The normalized spacial score (nSPS) is 10.7. The van der Waals surface area contributed by atoms with E-state index in [-0.39, 0.29) is 11.6 Å². The molecule has 0 atom stereocenters. The van der Waals surface area contributed by atoms with E-state index in [1.165, 1.54) is 11.3 Å². The third-order valence-electron chi connectivity index (χ3n) is 3.02. The fourth-order valence-corrected chi connectivity index (χ4v) is 2.87. The fourth-order valence-electron chi connectivity index (χ4n) is 1.91. The molecule has 3 rings (SSSR count). The van der Waals surface area contributed by atoms with E-state index in [1.54, 1.807) is 30.3 Å². The van der Waals surface area contributed by atoms with E-state index in [1.807, 2.05) is 0 Å². The quantitative estimate of drug-likeness (QED) is 0.752. The molecule has 0 saturated heterocycles. The third-order valence-corrected chi connectivity index (χ3v) is 4.17. The standard InChI is InChI=1S/C15H13ClN4O2S/c1-2-3-13-18-19-15(23-13)17-14(21)11-8-12(22-20-11)9-4-6-10(16)7-5-9/h4-8H,2-3H2,1H3,(H,17,19,21). The number of hydrogen-bond acceptors (Lipinski definition) is 6. The van der Waals surface area contributed by atoms with Crippen LogP contribution < -0.4 is 5.32 Å². The number of carbonyl (C=O) groups excluding carboxylic acids is 1. The van der Waals surface area contributed by atoms with Gasteiger partial charge in [0, 0.05) is 23.1 Å². The monoisotopic (exact) mass is 348 g/mol. The van der Waals surface area contributed by atoms with Gasteiger partial charge >= 0.3 is 0 Å². The molecule has 2 heterocycles. The average molecular weight is 349 g/mol. The van der Waals surface area contributed by atoms with Gasteiger partial charge in [-0.25, -0.2) is 0 Å². The number of nitrogens with zero attached hydrogens (tertiary/aromatic N) is 3. The summed E-state index contributed by atoms with van der Waals surface area (Å²) in [6.07, 6.45) is 1.83. The molecule has 8 heteroatoms. The van der Waals surface area contributed by atoms with Crippen LogP contribution >= 0.6 is 22.9 Å².